The number of halogens is 1. The van der Waals surface area contributed by atoms with Crippen molar-refractivity contribution in [2.24, 2.45) is 0 Å². The normalized spacial score (nSPS) is 11.1. The summed E-state index contributed by atoms with van der Waals surface area (Å²) >= 11 is 5.11. The van der Waals surface area contributed by atoms with Crippen LogP contribution in [0.25, 0.3) is 15.8 Å². The smallest absolute Gasteiger partial charge is 0.0937 e. The van der Waals surface area contributed by atoms with E-state index in [0.717, 1.165) is 16.7 Å². The van der Waals surface area contributed by atoms with Gasteiger partial charge < -0.3 is 0 Å². The maximum atomic E-state index is 4.09. The third-order valence-electron chi connectivity index (χ3n) is 2.38. The van der Waals surface area contributed by atoms with Gasteiger partial charge in [0.1, 0.15) is 0 Å². The number of benzene rings is 1. The van der Waals surface area contributed by atoms with E-state index in [1.807, 2.05) is 6.20 Å². The largest absolute Gasteiger partial charge is 0.220 e. The molecule has 0 aliphatic heterocycles. The molecule has 3 rings (SSSR count). The molecule has 0 fully saturated rings. The summed E-state index contributed by atoms with van der Waals surface area (Å²) in [6.45, 7) is 0. The number of fused-ring (bicyclic) bond motifs is 1. The molecule has 16 heavy (non-hydrogen) atoms. The zero-order chi connectivity index (χ0) is 11.0. The summed E-state index contributed by atoms with van der Waals surface area (Å²) in [7, 11) is 0. The Morgan fingerprint density at radius 3 is 3.06 bits per heavy atom. The Kier molecular flexibility index (Phi) is 2.49. The van der Waals surface area contributed by atoms with E-state index in [0.29, 0.717) is 0 Å². The Bertz CT molecular complexity index is 629. The van der Waals surface area contributed by atoms with E-state index in [1.165, 1.54) is 10.1 Å². The van der Waals surface area contributed by atoms with E-state index < -0.39 is 0 Å². The van der Waals surface area contributed by atoms with Crippen molar-refractivity contribution in [2.75, 3.05) is 0 Å². The van der Waals surface area contributed by atoms with Gasteiger partial charge in [-0.1, -0.05) is 21.1 Å². The van der Waals surface area contributed by atoms with Gasteiger partial charge in [-0.15, -0.1) is 16.4 Å². The maximum Gasteiger partial charge on any atom is 0.0937 e. The van der Waals surface area contributed by atoms with Crippen LogP contribution < -0.4 is 0 Å². The van der Waals surface area contributed by atoms with Crippen molar-refractivity contribution in [3.63, 3.8) is 0 Å². The molecule has 0 radical (unpaired) electrons. The number of alkyl halides is 1. The molecule has 0 aliphatic carbocycles. The van der Waals surface area contributed by atoms with Gasteiger partial charge in [0.15, 0.2) is 0 Å². The van der Waals surface area contributed by atoms with Crippen LogP contribution >= 0.6 is 27.3 Å². The van der Waals surface area contributed by atoms with E-state index in [-0.39, 0.29) is 0 Å². The first-order valence-electron chi connectivity index (χ1n) is 4.81. The van der Waals surface area contributed by atoms with Crippen molar-refractivity contribution in [2.45, 2.75) is 5.33 Å². The molecule has 0 atom stereocenters. The fourth-order valence-corrected chi connectivity index (χ4v) is 2.61. The van der Waals surface area contributed by atoms with Gasteiger partial charge >= 0.3 is 0 Å². The first kappa shape index (κ1) is 9.99. The number of thiophene rings is 1. The highest BCUT2D eigenvalue weighted by atomic mass is 79.9. The molecule has 0 bridgehead atoms. The third kappa shape index (κ3) is 1.66. The van der Waals surface area contributed by atoms with Gasteiger partial charge in [-0.25, -0.2) is 4.68 Å². The second-order valence-electron chi connectivity index (χ2n) is 3.43. The summed E-state index contributed by atoms with van der Waals surface area (Å²) in [5.74, 6) is 0. The molecule has 0 saturated heterocycles. The molecule has 5 heteroatoms. The van der Waals surface area contributed by atoms with Gasteiger partial charge in [-0.05, 0) is 35.0 Å². The van der Waals surface area contributed by atoms with Crippen LogP contribution in [0.1, 0.15) is 5.69 Å². The summed E-state index contributed by atoms with van der Waals surface area (Å²) in [6.07, 6.45) is 1.93. The Hall–Kier alpha value is -1.20. The Balaban J connectivity index is 2.10. The number of hydrogen-bond acceptors (Lipinski definition) is 3. The minimum absolute atomic E-state index is 0.730. The lowest BCUT2D eigenvalue weighted by atomic mass is 10.2. The summed E-state index contributed by atoms with van der Waals surface area (Å²) < 4.78 is 3.10. The van der Waals surface area contributed by atoms with Crippen molar-refractivity contribution in [1.82, 2.24) is 15.0 Å². The minimum atomic E-state index is 0.730. The van der Waals surface area contributed by atoms with E-state index >= 15 is 0 Å². The lowest BCUT2D eigenvalue weighted by molar-refractivity contribution is 0.801. The molecule has 0 amide bonds. The number of rotatable bonds is 2. The molecule has 0 spiro atoms. The van der Waals surface area contributed by atoms with E-state index in [9.17, 15) is 0 Å². The third-order valence-corrected chi connectivity index (χ3v) is 3.85. The molecule has 2 aromatic heterocycles. The van der Waals surface area contributed by atoms with Crippen LogP contribution in [0.3, 0.4) is 0 Å². The van der Waals surface area contributed by atoms with Crippen LogP contribution in [-0.2, 0) is 5.33 Å². The van der Waals surface area contributed by atoms with Crippen LogP contribution in [0.5, 0.6) is 0 Å². The minimum Gasteiger partial charge on any atom is -0.220 e. The molecule has 0 aliphatic rings. The van der Waals surface area contributed by atoms with Crippen molar-refractivity contribution >= 4 is 37.4 Å². The SMILES string of the molecule is BrCc1cn(-c2ccc3sccc3c2)nn1. The highest BCUT2D eigenvalue weighted by Gasteiger charge is 2.03. The molecule has 2 heterocycles. The molecule has 0 unspecified atom stereocenters. The maximum absolute atomic E-state index is 4.09. The van der Waals surface area contributed by atoms with Gasteiger partial charge in [0.2, 0.25) is 0 Å². The fraction of sp³-hybridized carbons (Fsp3) is 0.0909. The monoisotopic (exact) mass is 293 g/mol. The van der Waals surface area contributed by atoms with Crippen molar-refractivity contribution in [1.29, 1.82) is 0 Å². The lowest BCUT2D eigenvalue weighted by Crippen LogP contribution is -1.93. The topological polar surface area (TPSA) is 30.7 Å². The van der Waals surface area contributed by atoms with Crippen LogP contribution in [0, 0.1) is 0 Å². The van der Waals surface area contributed by atoms with Gasteiger partial charge in [-0.2, -0.15) is 0 Å². The second-order valence-corrected chi connectivity index (χ2v) is 4.94. The summed E-state index contributed by atoms with van der Waals surface area (Å²) in [5, 5.41) is 12.2. The molecule has 1 aromatic carbocycles. The number of aromatic nitrogens is 3. The molecule has 0 N–H and O–H groups in total. The second kappa shape index (κ2) is 3.99. The number of hydrogen-bond donors (Lipinski definition) is 0. The van der Waals surface area contributed by atoms with Crippen LogP contribution in [0.15, 0.2) is 35.8 Å². The van der Waals surface area contributed by atoms with E-state index in [1.54, 1.807) is 16.0 Å². The van der Waals surface area contributed by atoms with Crippen molar-refractivity contribution in [3.8, 4) is 5.69 Å². The van der Waals surface area contributed by atoms with Crippen molar-refractivity contribution in [3.05, 3.63) is 41.5 Å². The van der Waals surface area contributed by atoms with Gasteiger partial charge in [0.05, 0.1) is 17.6 Å². The fourth-order valence-electron chi connectivity index (χ4n) is 1.58. The van der Waals surface area contributed by atoms with Crippen molar-refractivity contribution < 1.29 is 0 Å². The molecule has 3 aromatic rings. The van der Waals surface area contributed by atoms with Gasteiger partial charge in [0.25, 0.3) is 0 Å². The average Bonchev–Trinajstić information content (AvgIpc) is 2.96. The highest BCUT2D eigenvalue weighted by molar-refractivity contribution is 9.08. The van der Waals surface area contributed by atoms with Gasteiger partial charge in [0, 0.05) is 10.0 Å². The predicted molar refractivity (Wildman–Crippen MR) is 69.4 cm³/mol. The van der Waals surface area contributed by atoms with E-state index in [4.69, 9.17) is 0 Å². The van der Waals surface area contributed by atoms with Crippen LogP contribution in [0.2, 0.25) is 0 Å². The summed E-state index contributed by atoms with van der Waals surface area (Å²) in [5.41, 5.74) is 1.98. The summed E-state index contributed by atoms with van der Waals surface area (Å²) in [4.78, 5) is 0. The predicted octanol–water partition coefficient (Wildman–Crippen LogP) is 3.38. The molecular weight excluding hydrogens is 286 g/mol. The quantitative estimate of drug-likeness (QED) is 0.678. The Morgan fingerprint density at radius 1 is 1.31 bits per heavy atom. The Morgan fingerprint density at radius 2 is 2.25 bits per heavy atom. The highest BCUT2D eigenvalue weighted by Crippen LogP contribution is 2.23. The summed E-state index contributed by atoms with van der Waals surface area (Å²) in [6, 6.07) is 8.42. The first-order chi connectivity index (χ1) is 7.86. The lowest BCUT2D eigenvalue weighted by Gasteiger charge is -1.99. The van der Waals surface area contributed by atoms with Crippen LogP contribution in [-0.4, -0.2) is 15.0 Å². The van der Waals surface area contributed by atoms with Crippen LogP contribution in [0.4, 0.5) is 0 Å². The molecule has 0 saturated carbocycles. The average molecular weight is 294 g/mol. The van der Waals surface area contributed by atoms with E-state index in [2.05, 4.69) is 55.9 Å². The standard InChI is InChI=1S/C11H8BrN3S/c12-6-9-7-15(14-13-9)10-1-2-11-8(5-10)3-4-16-11/h1-5,7H,6H2. The Labute approximate surface area is 105 Å². The molecule has 80 valence electrons. The first-order valence-corrected chi connectivity index (χ1v) is 6.82. The zero-order valence-corrected chi connectivity index (χ0v) is 10.7. The zero-order valence-electron chi connectivity index (χ0n) is 8.30. The molecular formula is C11H8BrN3S. The number of nitrogens with zero attached hydrogens (tertiary/aromatic N) is 3. The van der Waals surface area contributed by atoms with Gasteiger partial charge in [-0.3, -0.25) is 0 Å². The molecule has 3 nitrogen and oxygen atoms in total.